The number of aromatic amines is 2. The average Bonchev–Trinajstić information content (AvgIpc) is 3.25. The van der Waals surface area contributed by atoms with Gasteiger partial charge in [0.05, 0.1) is 6.04 Å². The summed E-state index contributed by atoms with van der Waals surface area (Å²) in [6.45, 7) is 0.755. The lowest BCUT2D eigenvalue weighted by Gasteiger charge is -2.34. The summed E-state index contributed by atoms with van der Waals surface area (Å²) in [7, 11) is 0. The highest BCUT2D eigenvalue weighted by atomic mass is 16.2. The number of hydrogen-bond acceptors (Lipinski definition) is 3. The Morgan fingerprint density at radius 1 is 1.27 bits per heavy atom. The molecule has 2 aromatic heterocycles. The molecular formula is C16H17N5O. The first-order chi connectivity index (χ1) is 10.8. The number of H-pyrrole nitrogens is 2. The van der Waals surface area contributed by atoms with E-state index in [0.29, 0.717) is 0 Å². The predicted octanol–water partition coefficient (Wildman–Crippen LogP) is 2.65. The van der Waals surface area contributed by atoms with Crippen LogP contribution >= 0.6 is 0 Å². The highest BCUT2D eigenvalue weighted by Crippen LogP contribution is 2.31. The van der Waals surface area contributed by atoms with Crippen LogP contribution in [0.5, 0.6) is 0 Å². The third-order valence-electron chi connectivity index (χ3n) is 4.34. The van der Waals surface area contributed by atoms with Crippen LogP contribution in [0.4, 0.5) is 0 Å². The van der Waals surface area contributed by atoms with Gasteiger partial charge >= 0.3 is 0 Å². The Bertz CT molecular complexity index is 792. The number of nitrogens with zero attached hydrogens (tertiary/aromatic N) is 3. The van der Waals surface area contributed by atoms with Crippen molar-refractivity contribution in [2.75, 3.05) is 6.54 Å². The Hall–Kier alpha value is -2.63. The zero-order valence-electron chi connectivity index (χ0n) is 12.1. The first-order valence-corrected chi connectivity index (χ1v) is 7.57. The Morgan fingerprint density at radius 2 is 2.23 bits per heavy atom. The lowest BCUT2D eigenvalue weighted by Crippen LogP contribution is -2.39. The number of aromatic nitrogens is 4. The maximum atomic E-state index is 13.1. The average molecular weight is 295 g/mol. The number of carbonyl (C=O) groups is 1. The zero-order valence-corrected chi connectivity index (χ0v) is 12.1. The van der Waals surface area contributed by atoms with Crippen molar-refractivity contribution >= 4 is 16.8 Å². The second-order valence-corrected chi connectivity index (χ2v) is 5.63. The summed E-state index contributed by atoms with van der Waals surface area (Å²) in [6.07, 6.45) is 6.41. The molecule has 0 aliphatic carbocycles. The summed E-state index contributed by atoms with van der Waals surface area (Å²) in [5.74, 6) is 0.834. The summed E-state index contributed by atoms with van der Waals surface area (Å²) in [6, 6.07) is 7.73. The number of likely N-dealkylation sites (tertiary alicyclic amines) is 1. The largest absolute Gasteiger partial charge is 0.361 e. The summed E-state index contributed by atoms with van der Waals surface area (Å²) < 4.78 is 0. The fraction of sp³-hybridized carbons (Fsp3) is 0.312. The van der Waals surface area contributed by atoms with Gasteiger partial charge in [-0.15, -0.1) is 0 Å². The van der Waals surface area contributed by atoms with Gasteiger partial charge in [0.1, 0.15) is 12.2 Å². The lowest BCUT2D eigenvalue weighted by atomic mass is 9.99. The molecule has 3 aromatic rings. The van der Waals surface area contributed by atoms with Gasteiger partial charge in [0, 0.05) is 29.2 Å². The maximum absolute atomic E-state index is 13.1. The Labute approximate surface area is 127 Å². The SMILES string of the molecule is O=C(c1cccc2[nH]ccc12)N1CCCC[C@H]1c1ncn[nH]1. The van der Waals surface area contributed by atoms with Gasteiger partial charge in [-0.05, 0) is 37.5 Å². The molecule has 6 heteroatoms. The number of fused-ring (bicyclic) bond motifs is 1. The standard InChI is InChI=1S/C16H17N5O/c22-16(12-4-3-5-13-11(12)7-8-17-13)21-9-2-1-6-14(21)15-18-10-19-20-15/h3-5,7-8,10,14,17H,1-2,6,9H2,(H,18,19,20)/t14-/m0/s1. The normalized spacial score (nSPS) is 18.7. The van der Waals surface area contributed by atoms with Crippen LogP contribution < -0.4 is 0 Å². The molecule has 1 aliphatic heterocycles. The molecule has 1 amide bonds. The third-order valence-corrected chi connectivity index (χ3v) is 4.34. The lowest BCUT2D eigenvalue weighted by molar-refractivity contribution is 0.0602. The topological polar surface area (TPSA) is 77.7 Å². The van der Waals surface area contributed by atoms with Crippen LogP contribution in [-0.4, -0.2) is 37.5 Å². The monoisotopic (exact) mass is 295 g/mol. The molecule has 1 aromatic carbocycles. The van der Waals surface area contributed by atoms with Crippen molar-refractivity contribution in [1.29, 1.82) is 0 Å². The van der Waals surface area contributed by atoms with Crippen LogP contribution in [0, 0.1) is 0 Å². The molecule has 1 saturated heterocycles. The molecular weight excluding hydrogens is 278 g/mol. The number of amides is 1. The first-order valence-electron chi connectivity index (χ1n) is 7.57. The van der Waals surface area contributed by atoms with E-state index in [1.807, 2.05) is 35.4 Å². The molecule has 22 heavy (non-hydrogen) atoms. The second kappa shape index (κ2) is 5.29. The van der Waals surface area contributed by atoms with Gasteiger partial charge in [-0.25, -0.2) is 4.98 Å². The Morgan fingerprint density at radius 3 is 3.09 bits per heavy atom. The van der Waals surface area contributed by atoms with Gasteiger partial charge in [0.25, 0.3) is 5.91 Å². The van der Waals surface area contributed by atoms with Crippen molar-refractivity contribution in [3.05, 3.63) is 48.2 Å². The van der Waals surface area contributed by atoms with Crippen molar-refractivity contribution in [2.24, 2.45) is 0 Å². The van der Waals surface area contributed by atoms with Gasteiger partial charge in [-0.3, -0.25) is 9.89 Å². The molecule has 4 rings (SSSR count). The van der Waals surface area contributed by atoms with Gasteiger partial charge in [0.15, 0.2) is 0 Å². The van der Waals surface area contributed by atoms with Crippen molar-refractivity contribution < 1.29 is 4.79 Å². The quantitative estimate of drug-likeness (QED) is 0.763. The molecule has 1 atom stereocenters. The minimum atomic E-state index is -0.0158. The number of benzene rings is 1. The number of nitrogens with one attached hydrogen (secondary N) is 2. The van der Waals surface area contributed by atoms with Gasteiger partial charge in [0.2, 0.25) is 0 Å². The number of piperidine rings is 1. The van der Waals surface area contributed by atoms with Crippen molar-refractivity contribution in [3.63, 3.8) is 0 Å². The zero-order chi connectivity index (χ0) is 14.9. The maximum Gasteiger partial charge on any atom is 0.255 e. The summed E-state index contributed by atoms with van der Waals surface area (Å²) >= 11 is 0. The van der Waals surface area contributed by atoms with Gasteiger partial charge < -0.3 is 9.88 Å². The highest BCUT2D eigenvalue weighted by molar-refractivity contribution is 6.06. The summed E-state index contributed by atoms with van der Waals surface area (Å²) in [4.78, 5) is 22.4. The van der Waals surface area contributed by atoms with E-state index in [1.54, 1.807) is 0 Å². The van der Waals surface area contributed by atoms with E-state index < -0.39 is 0 Å². The van der Waals surface area contributed by atoms with E-state index in [9.17, 15) is 4.79 Å². The van der Waals surface area contributed by atoms with Crippen LogP contribution in [-0.2, 0) is 0 Å². The number of carbonyl (C=O) groups excluding carboxylic acids is 1. The van der Waals surface area contributed by atoms with Crippen LogP contribution in [0.15, 0.2) is 36.8 Å². The van der Waals surface area contributed by atoms with E-state index in [0.717, 1.165) is 48.1 Å². The first kappa shape index (κ1) is 13.1. The molecule has 0 radical (unpaired) electrons. The van der Waals surface area contributed by atoms with E-state index in [4.69, 9.17) is 0 Å². The molecule has 0 bridgehead atoms. The van der Waals surface area contributed by atoms with Crippen molar-refractivity contribution in [2.45, 2.75) is 25.3 Å². The van der Waals surface area contributed by atoms with Crippen LogP contribution in [0.25, 0.3) is 10.9 Å². The van der Waals surface area contributed by atoms with Crippen LogP contribution in [0.3, 0.4) is 0 Å². The number of hydrogen-bond donors (Lipinski definition) is 2. The molecule has 112 valence electrons. The van der Waals surface area contributed by atoms with Crippen molar-refractivity contribution in [1.82, 2.24) is 25.1 Å². The number of rotatable bonds is 2. The molecule has 1 fully saturated rings. The van der Waals surface area contributed by atoms with Crippen molar-refractivity contribution in [3.8, 4) is 0 Å². The smallest absolute Gasteiger partial charge is 0.255 e. The fourth-order valence-electron chi connectivity index (χ4n) is 3.26. The summed E-state index contributed by atoms with van der Waals surface area (Å²) in [5, 5.41) is 7.81. The minimum absolute atomic E-state index is 0.0158. The molecule has 0 saturated carbocycles. The molecule has 1 aliphatic rings. The Balaban J connectivity index is 1.72. The predicted molar refractivity (Wildman–Crippen MR) is 82.3 cm³/mol. The van der Waals surface area contributed by atoms with Crippen LogP contribution in [0.2, 0.25) is 0 Å². The highest BCUT2D eigenvalue weighted by Gasteiger charge is 2.31. The van der Waals surface area contributed by atoms with Gasteiger partial charge in [-0.1, -0.05) is 6.07 Å². The molecule has 3 heterocycles. The molecule has 0 unspecified atom stereocenters. The van der Waals surface area contributed by atoms with Gasteiger partial charge in [-0.2, -0.15) is 5.10 Å². The Kier molecular flexibility index (Phi) is 3.14. The fourth-order valence-corrected chi connectivity index (χ4v) is 3.26. The molecule has 2 N–H and O–H groups in total. The van der Waals surface area contributed by atoms with E-state index in [1.165, 1.54) is 6.33 Å². The van der Waals surface area contributed by atoms with E-state index in [-0.39, 0.29) is 11.9 Å². The van der Waals surface area contributed by atoms with E-state index in [2.05, 4.69) is 20.2 Å². The molecule has 0 spiro atoms. The second-order valence-electron chi connectivity index (χ2n) is 5.63. The van der Waals surface area contributed by atoms with Crippen LogP contribution in [0.1, 0.15) is 41.5 Å². The van der Waals surface area contributed by atoms with E-state index >= 15 is 0 Å². The minimum Gasteiger partial charge on any atom is -0.361 e. The summed E-state index contributed by atoms with van der Waals surface area (Å²) in [5.41, 5.74) is 1.73. The third kappa shape index (κ3) is 2.07. The molecule has 6 nitrogen and oxygen atoms in total.